The number of nitrogens with zero attached hydrogens (tertiary/aromatic N) is 1. The van der Waals surface area contributed by atoms with E-state index < -0.39 is 35.6 Å². The summed E-state index contributed by atoms with van der Waals surface area (Å²) in [7, 11) is 0. The zero-order valence-corrected chi connectivity index (χ0v) is 17.9. The number of carbonyl (C=O) groups excluding carboxylic acids is 4. The van der Waals surface area contributed by atoms with Gasteiger partial charge in [0, 0.05) is 12.8 Å². The van der Waals surface area contributed by atoms with Crippen molar-refractivity contribution in [1.29, 1.82) is 0 Å². The highest BCUT2D eigenvalue weighted by Crippen LogP contribution is 2.33. The van der Waals surface area contributed by atoms with E-state index in [1.807, 2.05) is 0 Å². The van der Waals surface area contributed by atoms with Crippen LogP contribution in [0.2, 0.25) is 0 Å². The molecular formula is C23H28N2O7. The van der Waals surface area contributed by atoms with Crippen LogP contribution in [-0.4, -0.2) is 52.3 Å². The smallest absolute Gasteiger partial charge is 0.303 e. The highest BCUT2D eigenvalue weighted by atomic mass is 16.5. The average molecular weight is 444 g/mol. The fraction of sp³-hybridized carbons (Fsp3) is 0.522. The summed E-state index contributed by atoms with van der Waals surface area (Å²) >= 11 is 0. The number of nitrogens with one attached hydrogen (secondary N) is 1. The predicted molar refractivity (Wildman–Crippen MR) is 113 cm³/mol. The predicted octanol–water partition coefficient (Wildman–Crippen LogP) is 2.67. The molecule has 3 rings (SSSR count). The molecule has 1 aromatic carbocycles. The van der Waals surface area contributed by atoms with Gasteiger partial charge in [0.2, 0.25) is 11.8 Å². The number of carboxylic acids is 1. The third-order valence-corrected chi connectivity index (χ3v) is 5.72. The summed E-state index contributed by atoms with van der Waals surface area (Å²) in [6.45, 7) is 0.398. The van der Waals surface area contributed by atoms with Crippen molar-refractivity contribution >= 4 is 29.6 Å². The van der Waals surface area contributed by atoms with Crippen molar-refractivity contribution < 1.29 is 33.8 Å². The summed E-state index contributed by atoms with van der Waals surface area (Å²) in [4.78, 5) is 60.7. The summed E-state index contributed by atoms with van der Waals surface area (Å²) in [6, 6.07) is 3.83. The number of carboxylic acid groups (broad SMARTS) is 1. The van der Waals surface area contributed by atoms with Gasteiger partial charge in [-0.25, -0.2) is 0 Å². The van der Waals surface area contributed by atoms with E-state index in [9.17, 15) is 24.0 Å². The van der Waals surface area contributed by atoms with Gasteiger partial charge in [-0.2, -0.15) is 0 Å². The van der Waals surface area contributed by atoms with E-state index in [0.717, 1.165) is 43.4 Å². The Morgan fingerprint density at radius 3 is 2.38 bits per heavy atom. The monoisotopic (exact) mass is 444 g/mol. The van der Waals surface area contributed by atoms with Gasteiger partial charge in [0.05, 0.1) is 17.7 Å². The van der Waals surface area contributed by atoms with Gasteiger partial charge in [-0.15, -0.1) is 0 Å². The molecule has 2 aliphatic rings. The molecule has 0 spiro atoms. The molecule has 1 unspecified atom stereocenters. The minimum absolute atomic E-state index is 0.0761. The SMILES string of the molecule is O=C(O)CCCCCCCCCOc1cccc2c1C(=O)N(C1CCC(=O)NC1=O)C2=O. The Morgan fingerprint density at radius 2 is 1.69 bits per heavy atom. The average Bonchev–Trinajstić information content (AvgIpc) is 3.00. The molecule has 1 atom stereocenters. The summed E-state index contributed by atoms with van der Waals surface area (Å²) in [6.07, 6.45) is 6.83. The molecule has 0 aliphatic carbocycles. The maximum atomic E-state index is 13.0. The second kappa shape index (κ2) is 10.9. The van der Waals surface area contributed by atoms with E-state index >= 15 is 0 Å². The fourth-order valence-electron chi connectivity index (χ4n) is 4.05. The van der Waals surface area contributed by atoms with E-state index in [1.165, 1.54) is 0 Å². The standard InChI is InChI=1S/C23H28N2O7/c26-18-13-12-16(21(29)24-18)25-22(30)15-9-8-10-17(20(15)23(25)31)32-14-7-5-3-1-2-4-6-11-19(27)28/h8-10,16H,1-7,11-14H2,(H,27,28)(H,24,26,29). The second-order valence-corrected chi connectivity index (χ2v) is 8.09. The first-order valence-electron chi connectivity index (χ1n) is 11.1. The molecule has 2 heterocycles. The highest BCUT2D eigenvalue weighted by Gasteiger charge is 2.45. The van der Waals surface area contributed by atoms with Gasteiger partial charge in [-0.1, -0.05) is 38.2 Å². The van der Waals surface area contributed by atoms with Crippen LogP contribution in [0.3, 0.4) is 0 Å². The molecule has 4 amide bonds. The summed E-state index contributed by atoms with van der Waals surface area (Å²) in [5, 5.41) is 10.8. The van der Waals surface area contributed by atoms with Gasteiger partial charge >= 0.3 is 5.97 Å². The van der Waals surface area contributed by atoms with Crippen LogP contribution in [0.4, 0.5) is 0 Å². The number of amides is 4. The van der Waals surface area contributed by atoms with Crippen molar-refractivity contribution in [1.82, 2.24) is 10.2 Å². The first kappa shape index (κ1) is 23.4. The van der Waals surface area contributed by atoms with Crippen molar-refractivity contribution in [2.75, 3.05) is 6.61 Å². The number of rotatable bonds is 12. The number of aliphatic carboxylic acids is 1. The van der Waals surface area contributed by atoms with Gasteiger partial charge in [-0.3, -0.25) is 34.2 Å². The molecule has 172 valence electrons. The van der Waals surface area contributed by atoms with Crippen molar-refractivity contribution in [3.8, 4) is 5.75 Å². The lowest BCUT2D eigenvalue weighted by Crippen LogP contribution is -2.54. The van der Waals surface area contributed by atoms with Gasteiger partial charge in [-0.05, 0) is 31.4 Å². The zero-order valence-electron chi connectivity index (χ0n) is 17.9. The van der Waals surface area contributed by atoms with Crippen LogP contribution in [0.1, 0.15) is 84.9 Å². The Labute approximate surface area is 186 Å². The van der Waals surface area contributed by atoms with Crippen molar-refractivity contribution in [3.63, 3.8) is 0 Å². The van der Waals surface area contributed by atoms with Gasteiger partial charge < -0.3 is 9.84 Å². The first-order valence-corrected chi connectivity index (χ1v) is 11.1. The number of benzene rings is 1. The molecule has 9 nitrogen and oxygen atoms in total. The summed E-state index contributed by atoms with van der Waals surface area (Å²) in [5.74, 6) is -2.60. The molecule has 1 fully saturated rings. The lowest BCUT2D eigenvalue weighted by Gasteiger charge is -2.27. The van der Waals surface area contributed by atoms with Gasteiger partial charge in [0.1, 0.15) is 11.8 Å². The van der Waals surface area contributed by atoms with Crippen molar-refractivity contribution in [3.05, 3.63) is 29.3 Å². The summed E-state index contributed by atoms with van der Waals surface area (Å²) in [5.41, 5.74) is 0.374. The molecule has 32 heavy (non-hydrogen) atoms. The Hall–Kier alpha value is -3.23. The Balaban J connectivity index is 1.48. The quantitative estimate of drug-likeness (QED) is 0.374. The van der Waals surface area contributed by atoms with Crippen molar-refractivity contribution in [2.24, 2.45) is 0 Å². The van der Waals surface area contributed by atoms with Crippen LogP contribution in [0.25, 0.3) is 0 Å². The minimum Gasteiger partial charge on any atom is -0.493 e. The highest BCUT2D eigenvalue weighted by molar-refractivity contribution is 6.24. The lowest BCUT2D eigenvalue weighted by molar-refractivity contribution is -0.138. The topological polar surface area (TPSA) is 130 Å². The molecule has 0 saturated carbocycles. The fourth-order valence-corrected chi connectivity index (χ4v) is 4.05. The maximum Gasteiger partial charge on any atom is 0.303 e. The number of hydrogen-bond donors (Lipinski definition) is 2. The lowest BCUT2D eigenvalue weighted by atomic mass is 10.0. The molecule has 9 heteroatoms. The molecule has 0 radical (unpaired) electrons. The second-order valence-electron chi connectivity index (χ2n) is 8.09. The Bertz CT molecular complexity index is 912. The van der Waals surface area contributed by atoms with Gasteiger partial charge in [0.15, 0.2) is 0 Å². The van der Waals surface area contributed by atoms with E-state index in [4.69, 9.17) is 9.84 Å². The van der Waals surface area contributed by atoms with Crippen LogP contribution < -0.4 is 10.1 Å². The van der Waals surface area contributed by atoms with Crippen LogP contribution in [-0.2, 0) is 14.4 Å². The van der Waals surface area contributed by atoms with Crippen molar-refractivity contribution in [2.45, 2.75) is 70.3 Å². The Kier molecular flexibility index (Phi) is 7.97. The van der Waals surface area contributed by atoms with E-state index in [0.29, 0.717) is 18.8 Å². The molecular weight excluding hydrogens is 416 g/mol. The number of piperidine rings is 1. The van der Waals surface area contributed by atoms with E-state index in [2.05, 4.69) is 5.32 Å². The maximum absolute atomic E-state index is 13.0. The largest absolute Gasteiger partial charge is 0.493 e. The summed E-state index contributed by atoms with van der Waals surface area (Å²) < 4.78 is 5.80. The number of carbonyl (C=O) groups is 5. The molecule has 1 saturated heterocycles. The van der Waals surface area contributed by atoms with Crippen LogP contribution >= 0.6 is 0 Å². The van der Waals surface area contributed by atoms with E-state index in [-0.39, 0.29) is 30.4 Å². The van der Waals surface area contributed by atoms with Crippen LogP contribution in [0, 0.1) is 0 Å². The van der Waals surface area contributed by atoms with Crippen LogP contribution in [0.15, 0.2) is 18.2 Å². The van der Waals surface area contributed by atoms with E-state index in [1.54, 1.807) is 18.2 Å². The normalized spacial score (nSPS) is 18.0. The minimum atomic E-state index is -0.997. The van der Waals surface area contributed by atoms with Crippen LogP contribution in [0.5, 0.6) is 5.75 Å². The number of unbranched alkanes of at least 4 members (excludes halogenated alkanes) is 6. The molecule has 0 bridgehead atoms. The molecule has 2 N–H and O–H groups in total. The molecule has 1 aromatic rings. The third kappa shape index (κ3) is 5.52. The first-order chi connectivity index (χ1) is 15.4. The number of imide groups is 2. The molecule has 2 aliphatic heterocycles. The number of ether oxygens (including phenoxy) is 1. The van der Waals surface area contributed by atoms with Gasteiger partial charge in [0.25, 0.3) is 11.8 Å². The Morgan fingerprint density at radius 1 is 1.00 bits per heavy atom. The number of fused-ring (bicyclic) bond motifs is 1. The zero-order chi connectivity index (χ0) is 23.1. The number of hydrogen-bond acceptors (Lipinski definition) is 6. The third-order valence-electron chi connectivity index (χ3n) is 5.72. The molecule has 0 aromatic heterocycles.